The Labute approximate surface area is 129 Å². The summed E-state index contributed by atoms with van der Waals surface area (Å²) >= 11 is 3.31. The number of aromatic nitrogens is 4. The zero-order chi connectivity index (χ0) is 14.4. The van der Waals surface area contributed by atoms with E-state index in [-0.39, 0.29) is 0 Å². The van der Waals surface area contributed by atoms with Crippen LogP contribution in [0.25, 0.3) is 15.7 Å². The van der Waals surface area contributed by atoms with Gasteiger partial charge < -0.3 is 0 Å². The van der Waals surface area contributed by atoms with Gasteiger partial charge in [-0.1, -0.05) is 6.07 Å². The molecule has 0 atom stereocenters. The number of nitrogens with zero attached hydrogens (tertiary/aromatic N) is 4. The number of hydrogen-bond donors (Lipinski definition) is 0. The molecule has 6 heteroatoms. The Morgan fingerprint density at radius 2 is 2.05 bits per heavy atom. The van der Waals surface area contributed by atoms with Crippen molar-refractivity contribution >= 4 is 38.8 Å². The second-order valence-corrected chi connectivity index (χ2v) is 6.94. The molecule has 0 aliphatic heterocycles. The fourth-order valence-electron chi connectivity index (χ4n) is 2.31. The highest BCUT2D eigenvalue weighted by Crippen LogP contribution is 2.36. The van der Waals surface area contributed by atoms with Crippen LogP contribution in [0.5, 0.6) is 0 Å². The second kappa shape index (κ2) is 4.82. The lowest BCUT2D eigenvalue weighted by Crippen LogP contribution is -1.89. The van der Waals surface area contributed by atoms with Gasteiger partial charge >= 0.3 is 0 Å². The van der Waals surface area contributed by atoms with Crippen LogP contribution in [0.3, 0.4) is 0 Å². The first-order valence-electron chi connectivity index (χ1n) is 6.54. The third-order valence-electron chi connectivity index (χ3n) is 3.52. The largest absolute Gasteiger partial charge is 0.295 e. The van der Waals surface area contributed by atoms with Gasteiger partial charge in [0.1, 0.15) is 16.2 Å². The summed E-state index contributed by atoms with van der Waals surface area (Å²) in [5, 5.41) is 3.05. The molecular formula is C15H12N4S2. The van der Waals surface area contributed by atoms with Gasteiger partial charge in [-0.2, -0.15) is 0 Å². The molecule has 4 heterocycles. The molecule has 0 fully saturated rings. The quantitative estimate of drug-likeness (QED) is 0.523. The standard InChI is InChI=1S/C15H12N4S2/c1-9-10(2)20-13-12(9)14(18-8-17-13)21-15-16-7-11-5-3-4-6-19(11)15/h3-8H,1-2H3. The zero-order valence-electron chi connectivity index (χ0n) is 11.6. The van der Waals surface area contributed by atoms with E-state index in [2.05, 4.69) is 33.2 Å². The Morgan fingerprint density at radius 1 is 1.14 bits per heavy atom. The smallest absolute Gasteiger partial charge is 0.179 e. The molecule has 104 valence electrons. The molecule has 0 aliphatic rings. The molecule has 21 heavy (non-hydrogen) atoms. The van der Waals surface area contributed by atoms with Crippen LogP contribution in [0, 0.1) is 13.8 Å². The topological polar surface area (TPSA) is 43.1 Å². The Balaban J connectivity index is 1.88. The normalized spacial score (nSPS) is 11.5. The first-order valence-corrected chi connectivity index (χ1v) is 8.18. The Hall–Kier alpha value is -1.92. The van der Waals surface area contributed by atoms with Crippen molar-refractivity contribution in [1.29, 1.82) is 0 Å². The van der Waals surface area contributed by atoms with Crippen molar-refractivity contribution in [3.05, 3.63) is 47.4 Å². The summed E-state index contributed by atoms with van der Waals surface area (Å²) in [6.07, 6.45) is 5.54. The van der Waals surface area contributed by atoms with E-state index in [1.165, 1.54) is 10.4 Å². The van der Waals surface area contributed by atoms with Crippen molar-refractivity contribution in [1.82, 2.24) is 19.4 Å². The van der Waals surface area contributed by atoms with Gasteiger partial charge in [0.25, 0.3) is 0 Å². The van der Waals surface area contributed by atoms with Gasteiger partial charge in [-0.05, 0) is 43.3 Å². The third-order valence-corrected chi connectivity index (χ3v) is 5.63. The number of fused-ring (bicyclic) bond motifs is 2. The summed E-state index contributed by atoms with van der Waals surface area (Å²) in [6.45, 7) is 4.26. The van der Waals surface area contributed by atoms with E-state index in [4.69, 9.17) is 0 Å². The highest BCUT2D eigenvalue weighted by atomic mass is 32.2. The molecule has 0 bridgehead atoms. The highest BCUT2D eigenvalue weighted by molar-refractivity contribution is 7.99. The maximum Gasteiger partial charge on any atom is 0.179 e. The molecule has 0 aromatic carbocycles. The van der Waals surface area contributed by atoms with E-state index in [1.807, 2.05) is 30.6 Å². The summed E-state index contributed by atoms with van der Waals surface area (Å²) in [6, 6.07) is 6.07. The average molecular weight is 312 g/mol. The van der Waals surface area contributed by atoms with Crippen LogP contribution in [0.2, 0.25) is 0 Å². The lowest BCUT2D eigenvalue weighted by atomic mass is 10.2. The van der Waals surface area contributed by atoms with Crippen molar-refractivity contribution in [3.63, 3.8) is 0 Å². The van der Waals surface area contributed by atoms with Gasteiger partial charge in [-0.3, -0.25) is 4.40 Å². The molecule has 4 rings (SSSR count). The van der Waals surface area contributed by atoms with Crippen LogP contribution < -0.4 is 0 Å². The molecule has 0 unspecified atom stereocenters. The first-order chi connectivity index (χ1) is 10.2. The summed E-state index contributed by atoms with van der Waals surface area (Å²) in [4.78, 5) is 15.7. The van der Waals surface area contributed by atoms with Crippen molar-refractivity contribution in [3.8, 4) is 0 Å². The van der Waals surface area contributed by atoms with Gasteiger partial charge in [-0.25, -0.2) is 15.0 Å². The summed E-state index contributed by atoms with van der Waals surface area (Å²) in [5.41, 5.74) is 2.35. The predicted molar refractivity (Wildman–Crippen MR) is 86.2 cm³/mol. The average Bonchev–Trinajstić information content (AvgIpc) is 3.02. The molecule has 0 radical (unpaired) electrons. The number of thiophene rings is 1. The van der Waals surface area contributed by atoms with Crippen LogP contribution >= 0.6 is 23.1 Å². The van der Waals surface area contributed by atoms with Crippen LogP contribution in [0.15, 0.2) is 47.1 Å². The van der Waals surface area contributed by atoms with Crippen LogP contribution in [-0.4, -0.2) is 19.4 Å². The second-order valence-electron chi connectivity index (χ2n) is 4.78. The molecule has 0 saturated carbocycles. The number of imidazole rings is 1. The Kier molecular flexibility index (Phi) is 2.94. The van der Waals surface area contributed by atoms with Gasteiger partial charge in [0.05, 0.1) is 11.7 Å². The predicted octanol–water partition coefficient (Wildman–Crippen LogP) is 4.11. The van der Waals surface area contributed by atoms with Crippen LogP contribution in [-0.2, 0) is 0 Å². The molecule has 0 spiro atoms. The van der Waals surface area contributed by atoms with Crippen LogP contribution in [0.1, 0.15) is 10.4 Å². The minimum absolute atomic E-state index is 0.925. The molecular weight excluding hydrogens is 300 g/mol. The Bertz CT molecular complexity index is 955. The lowest BCUT2D eigenvalue weighted by molar-refractivity contribution is 0.952. The van der Waals surface area contributed by atoms with Gasteiger partial charge in [0, 0.05) is 16.5 Å². The molecule has 0 amide bonds. The van der Waals surface area contributed by atoms with E-state index in [1.54, 1.807) is 29.4 Å². The fourth-order valence-corrected chi connectivity index (χ4v) is 4.36. The van der Waals surface area contributed by atoms with Gasteiger partial charge in [0.15, 0.2) is 5.16 Å². The highest BCUT2D eigenvalue weighted by Gasteiger charge is 2.14. The van der Waals surface area contributed by atoms with E-state index >= 15 is 0 Å². The van der Waals surface area contributed by atoms with Gasteiger partial charge in [-0.15, -0.1) is 11.3 Å². The minimum atomic E-state index is 0.925. The van der Waals surface area contributed by atoms with Crippen LogP contribution in [0.4, 0.5) is 0 Å². The van der Waals surface area contributed by atoms with E-state index in [0.29, 0.717) is 0 Å². The minimum Gasteiger partial charge on any atom is -0.295 e. The first kappa shape index (κ1) is 12.8. The zero-order valence-corrected chi connectivity index (χ0v) is 13.2. The molecule has 4 nitrogen and oxygen atoms in total. The van der Waals surface area contributed by atoms with E-state index in [0.717, 1.165) is 25.9 Å². The lowest BCUT2D eigenvalue weighted by Gasteiger charge is -2.02. The van der Waals surface area contributed by atoms with Crippen molar-refractivity contribution in [2.24, 2.45) is 0 Å². The van der Waals surface area contributed by atoms with E-state index < -0.39 is 0 Å². The number of rotatable bonds is 2. The summed E-state index contributed by atoms with van der Waals surface area (Å²) in [7, 11) is 0. The molecule has 0 N–H and O–H groups in total. The molecule has 4 aromatic heterocycles. The number of pyridine rings is 1. The third kappa shape index (κ3) is 2.02. The maximum atomic E-state index is 4.50. The van der Waals surface area contributed by atoms with E-state index in [9.17, 15) is 0 Å². The van der Waals surface area contributed by atoms with Gasteiger partial charge in [0.2, 0.25) is 0 Å². The van der Waals surface area contributed by atoms with Crippen molar-refractivity contribution < 1.29 is 0 Å². The fraction of sp³-hybridized carbons (Fsp3) is 0.133. The maximum absolute atomic E-state index is 4.50. The molecule has 0 saturated heterocycles. The molecule has 0 aliphatic carbocycles. The summed E-state index contributed by atoms with van der Waals surface area (Å²) in [5.74, 6) is 0. The van der Waals surface area contributed by atoms with Crippen molar-refractivity contribution in [2.75, 3.05) is 0 Å². The van der Waals surface area contributed by atoms with Crippen molar-refractivity contribution in [2.45, 2.75) is 24.0 Å². The number of aryl methyl sites for hydroxylation is 2. The monoisotopic (exact) mass is 312 g/mol. The SMILES string of the molecule is Cc1sc2ncnc(Sc3ncc4ccccn34)c2c1C. The Morgan fingerprint density at radius 3 is 2.95 bits per heavy atom. The number of hydrogen-bond acceptors (Lipinski definition) is 5. The molecule has 4 aromatic rings. The summed E-state index contributed by atoms with van der Waals surface area (Å²) < 4.78 is 2.08.